The molecule has 0 saturated carbocycles. The van der Waals surface area contributed by atoms with E-state index in [1.54, 1.807) is 30.3 Å². The van der Waals surface area contributed by atoms with E-state index in [9.17, 15) is 9.59 Å². The monoisotopic (exact) mass is 423 g/mol. The third-order valence-electron chi connectivity index (χ3n) is 5.02. The van der Waals surface area contributed by atoms with Crippen LogP contribution in [0.4, 0.5) is 0 Å². The molecule has 0 bridgehead atoms. The van der Waals surface area contributed by atoms with Crippen LogP contribution in [0.5, 0.6) is 11.5 Å². The Morgan fingerprint density at radius 3 is 2.48 bits per heavy atom. The number of carbonyl (C=O) groups excluding carboxylic acids is 2. The SMILES string of the molecule is CCOc1cc(/C=N\NC(=O)c2ccc(C)cc2)ccc1OCC(=O)N1CCCCC1. The maximum Gasteiger partial charge on any atom is 0.271 e. The van der Waals surface area contributed by atoms with Crippen LogP contribution in [0.3, 0.4) is 0 Å². The van der Waals surface area contributed by atoms with Gasteiger partial charge in [0, 0.05) is 18.7 Å². The number of aryl methyl sites for hydroxylation is 1. The molecule has 3 rings (SSSR count). The molecule has 31 heavy (non-hydrogen) atoms. The van der Waals surface area contributed by atoms with Crippen molar-refractivity contribution in [3.63, 3.8) is 0 Å². The van der Waals surface area contributed by atoms with Crippen molar-refractivity contribution >= 4 is 18.0 Å². The number of benzene rings is 2. The average molecular weight is 424 g/mol. The number of hydrazone groups is 1. The Labute approximate surface area is 183 Å². The third kappa shape index (κ3) is 6.57. The number of carbonyl (C=O) groups is 2. The van der Waals surface area contributed by atoms with E-state index in [4.69, 9.17) is 9.47 Å². The molecule has 2 amide bonds. The van der Waals surface area contributed by atoms with Gasteiger partial charge >= 0.3 is 0 Å². The van der Waals surface area contributed by atoms with Gasteiger partial charge in [0.1, 0.15) is 0 Å². The van der Waals surface area contributed by atoms with Gasteiger partial charge in [-0.05, 0) is 69.0 Å². The molecule has 1 fully saturated rings. The number of piperidine rings is 1. The van der Waals surface area contributed by atoms with Crippen molar-refractivity contribution in [3.05, 3.63) is 59.2 Å². The molecule has 0 aromatic heterocycles. The number of hydrogen-bond acceptors (Lipinski definition) is 5. The molecule has 0 unspecified atom stereocenters. The van der Waals surface area contributed by atoms with Gasteiger partial charge in [-0.15, -0.1) is 0 Å². The van der Waals surface area contributed by atoms with Crippen LogP contribution in [0.15, 0.2) is 47.6 Å². The van der Waals surface area contributed by atoms with E-state index < -0.39 is 0 Å². The van der Waals surface area contributed by atoms with Gasteiger partial charge in [0.15, 0.2) is 18.1 Å². The summed E-state index contributed by atoms with van der Waals surface area (Å²) >= 11 is 0. The quantitative estimate of drug-likeness (QED) is 0.520. The maximum atomic E-state index is 12.3. The zero-order valence-electron chi connectivity index (χ0n) is 18.1. The molecule has 7 heteroatoms. The summed E-state index contributed by atoms with van der Waals surface area (Å²) in [5.74, 6) is 0.750. The van der Waals surface area contributed by atoms with Crippen LogP contribution < -0.4 is 14.9 Å². The highest BCUT2D eigenvalue weighted by molar-refractivity contribution is 5.95. The minimum absolute atomic E-state index is 0.00777. The van der Waals surface area contributed by atoms with Gasteiger partial charge < -0.3 is 14.4 Å². The van der Waals surface area contributed by atoms with Gasteiger partial charge in [0.25, 0.3) is 11.8 Å². The molecular formula is C24H29N3O4. The summed E-state index contributed by atoms with van der Waals surface area (Å²) in [5.41, 5.74) is 4.88. The summed E-state index contributed by atoms with van der Waals surface area (Å²) in [6, 6.07) is 12.6. The molecule has 1 aliphatic rings. The third-order valence-corrected chi connectivity index (χ3v) is 5.02. The van der Waals surface area contributed by atoms with Crippen molar-refractivity contribution in [1.29, 1.82) is 0 Å². The standard InChI is InChI=1S/C24H29N3O4/c1-3-30-22-15-19(16-25-26-24(29)20-10-7-18(2)8-11-20)9-12-21(22)31-17-23(28)27-13-5-4-6-14-27/h7-12,15-16H,3-6,13-14,17H2,1-2H3,(H,26,29)/b25-16-. The number of nitrogens with zero attached hydrogens (tertiary/aromatic N) is 2. The Morgan fingerprint density at radius 1 is 1.03 bits per heavy atom. The molecule has 1 N–H and O–H groups in total. The van der Waals surface area contributed by atoms with Gasteiger partial charge in [-0.2, -0.15) is 5.10 Å². The van der Waals surface area contributed by atoms with Gasteiger partial charge in [0.05, 0.1) is 12.8 Å². The van der Waals surface area contributed by atoms with Gasteiger partial charge in [0.2, 0.25) is 0 Å². The molecule has 2 aromatic carbocycles. The zero-order valence-corrected chi connectivity index (χ0v) is 18.1. The second-order valence-corrected chi connectivity index (χ2v) is 7.43. The van der Waals surface area contributed by atoms with Crippen molar-refractivity contribution in [2.75, 3.05) is 26.3 Å². The highest BCUT2D eigenvalue weighted by Gasteiger charge is 2.17. The van der Waals surface area contributed by atoms with E-state index in [2.05, 4.69) is 10.5 Å². The van der Waals surface area contributed by atoms with E-state index in [0.29, 0.717) is 23.7 Å². The van der Waals surface area contributed by atoms with E-state index in [1.165, 1.54) is 12.6 Å². The Kier molecular flexibility index (Phi) is 8.04. The Balaban J connectivity index is 1.59. The van der Waals surface area contributed by atoms with E-state index in [0.717, 1.165) is 37.1 Å². The first kappa shape index (κ1) is 22.3. The second kappa shape index (κ2) is 11.2. The Hall–Kier alpha value is -3.35. The highest BCUT2D eigenvalue weighted by Crippen LogP contribution is 2.28. The van der Waals surface area contributed by atoms with E-state index in [1.807, 2.05) is 30.9 Å². The minimum Gasteiger partial charge on any atom is -0.490 e. The fraction of sp³-hybridized carbons (Fsp3) is 0.375. The molecule has 0 spiro atoms. The number of amides is 2. The summed E-state index contributed by atoms with van der Waals surface area (Å²) in [6.45, 7) is 5.88. The van der Waals surface area contributed by atoms with Crippen LogP contribution in [0.25, 0.3) is 0 Å². The molecule has 164 valence electrons. The van der Waals surface area contributed by atoms with Crippen LogP contribution >= 0.6 is 0 Å². The van der Waals surface area contributed by atoms with Crippen molar-refractivity contribution in [2.45, 2.75) is 33.1 Å². The molecule has 1 heterocycles. The van der Waals surface area contributed by atoms with Gasteiger partial charge in [-0.25, -0.2) is 5.43 Å². The summed E-state index contributed by atoms with van der Waals surface area (Å²) in [6.07, 6.45) is 4.81. The molecule has 0 aliphatic carbocycles. The molecular weight excluding hydrogens is 394 g/mol. The van der Waals surface area contributed by atoms with Crippen LogP contribution in [0, 0.1) is 6.92 Å². The summed E-state index contributed by atoms with van der Waals surface area (Å²) in [4.78, 5) is 26.3. The molecule has 2 aromatic rings. The number of nitrogens with one attached hydrogen (secondary N) is 1. The van der Waals surface area contributed by atoms with Crippen LogP contribution in [0.1, 0.15) is 47.7 Å². The fourth-order valence-corrected chi connectivity index (χ4v) is 3.30. The van der Waals surface area contributed by atoms with E-state index in [-0.39, 0.29) is 18.4 Å². The lowest BCUT2D eigenvalue weighted by Crippen LogP contribution is -2.38. The molecule has 1 aliphatic heterocycles. The summed E-state index contributed by atoms with van der Waals surface area (Å²) < 4.78 is 11.4. The fourth-order valence-electron chi connectivity index (χ4n) is 3.30. The van der Waals surface area contributed by atoms with Gasteiger partial charge in [-0.3, -0.25) is 9.59 Å². The number of hydrogen-bond donors (Lipinski definition) is 1. The maximum absolute atomic E-state index is 12.3. The first-order valence-corrected chi connectivity index (χ1v) is 10.6. The van der Waals surface area contributed by atoms with Crippen LogP contribution in [-0.2, 0) is 4.79 Å². The highest BCUT2D eigenvalue weighted by atomic mass is 16.5. The van der Waals surface area contributed by atoms with Crippen molar-refractivity contribution in [1.82, 2.24) is 10.3 Å². The molecule has 0 radical (unpaired) electrons. The predicted octanol–water partition coefficient (Wildman–Crippen LogP) is 3.55. The molecule has 7 nitrogen and oxygen atoms in total. The van der Waals surface area contributed by atoms with Crippen molar-refractivity contribution < 1.29 is 19.1 Å². The summed E-state index contributed by atoms with van der Waals surface area (Å²) in [5, 5.41) is 4.02. The first-order valence-electron chi connectivity index (χ1n) is 10.6. The second-order valence-electron chi connectivity index (χ2n) is 7.43. The average Bonchev–Trinajstić information content (AvgIpc) is 2.79. The van der Waals surface area contributed by atoms with Crippen molar-refractivity contribution in [2.24, 2.45) is 5.10 Å². The Morgan fingerprint density at radius 2 is 1.77 bits per heavy atom. The summed E-state index contributed by atoms with van der Waals surface area (Å²) in [7, 11) is 0. The van der Waals surface area contributed by atoms with Crippen molar-refractivity contribution in [3.8, 4) is 11.5 Å². The number of ether oxygens (including phenoxy) is 2. The van der Waals surface area contributed by atoms with E-state index >= 15 is 0 Å². The minimum atomic E-state index is -0.280. The normalized spacial score (nSPS) is 13.8. The number of likely N-dealkylation sites (tertiary alicyclic amines) is 1. The lowest BCUT2D eigenvalue weighted by atomic mass is 10.1. The number of rotatable bonds is 8. The van der Waals surface area contributed by atoms with Crippen LogP contribution in [0.2, 0.25) is 0 Å². The van der Waals surface area contributed by atoms with Crippen LogP contribution in [-0.4, -0.2) is 49.2 Å². The smallest absolute Gasteiger partial charge is 0.271 e. The molecule has 0 atom stereocenters. The Bertz CT molecular complexity index is 919. The topological polar surface area (TPSA) is 80.2 Å². The predicted molar refractivity (Wildman–Crippen MR) is 120 cm³/mol. The lowest BCUT2D eigenvalue weighted by Gasteiger charge is -2.26. The van der Waals surface area contributed by atoms with Gasteiger partial charge in [-0.1, -0.05) is 17.7 Å². The largest absolute Gasteiger partial charge is 0.490 e. The first-order chi connectivity index (χ1) is 15.1. The zero-order chi connectivity index (χ0) is 22.1. The lowest BCUT2D eigenvalue weighted by molar-refractivity contribution is -0.134. The molecule has 1 saturated heterocycles.